The summed E-state index contributed by atoms with van der Waals surface area (Å²) in [6.07, 6.45) is 4.45. The van der Waals surface area contributed by atoms with Gasteiger partial charge < -0.3 is 23.9 Å². The van der Waals surface area contributed by atoms with Gasteiger partial charge in [-0.25, -0.2) is 9.97 Å². The van der Waals surface area contributed by atoms with Crippen LogP contribution in [0.3, 0.4) is 0 Å². The van der Waals surface area contributed by atoms with Crippen molar-refractivity contribution in [2.75, 3.05) is 27.3 Å². The lowest BCUT2D eigenvalue weighted by Crippen LogP contribution is -2.29. The van der Waals surface area contributed by atoms with Gasteiger partial charge in [0.25, 0.3) is 5.91 Å². The van der Waals surface area contributed by atoms with Crippen LogP contribution >= 0.6 is 0 Å². The second-order valence-electron chi connectivity index (χ2n) is 7.14. The first kappa shape index (κ1) is 17.5. The zero-order valence-electron chi connectivity index (χ0n) is 16.3. The van der Waals surface area contributed by atoms with Crippen LogP contribution in [0.2, 0.25) is 0 Å². The third kappa shape index (κ3) is 2.79. The Morgan fingerprint density at radius 1 is 1.21 bits per heavy atom. The van der Waals surface area contributed by atoms with Crippen LogP contribution in [0.1, 0.15) is 23.0 Å². The van der Waals surface area contributed by atoms with Crippen LogP contribution in [0.4, 0.5) is 0 Å². The van der Waals surface area contributed by atoms with Crippen molar-refractivity contribution >= 4 is 28.0 Å². The summed E-state index contributed by atoms with van der Waals surface area (Å²) in [5.41, 5.74) is 3.11. The molecule has 1 aromatic carbocycles. The molecule has 0 unspecified atom stereocenters. The summed E-state index contributed by atoms with van der Waals surface area (Å²) in [6, 6.07) is 9.54. The molecule has 1 aliphatic rings. The smallest absolute Gasteiger partial charge is 0.270 e. The van der Waals surface area contributed by atoms with Gasteiger partial charge in [0.05, 0.1) is 32.1 Å². The second-order valence-corrected chi connectivity index (χ2v) is 7.14. The number of ether oxygens (including phenoxy) is 2. The maximum atomic E-state index is 13.1. The second kappa shape index (κ2) is 6.80. The van der Waals surface area contributed by atoms with Gasteiger partial charge in [-0.15, -0.1) is 0 Å². The number of fused-ring (bicyclic) bond motifs is 2. The zero-order valence-corrected chi connectivity index (χ0v) is 16.3. The molecule has 0 aliphatic carbocycles. The Morgan fingerprint density at radius 2 is 2.10 bits per heavy atom. The van der Waals surface area contributed by atoms with Gasteiger partial charge in [-0.2, -0.15) is 0 Å². The molecular weight excluding hydrogens is 370 g/mol. The highest BCUT2D eigenvalue weighted by atomic mass is 16.5. The van der Waals surface area contributed by atoms with E-state index < -0.39 is 0 Å². The Balaban J connectivity index is 1.41. The number of aromatic amines is 1. The number of imidazole rings is 1. The molecule has 1 aliphatic heterocycles. The molecule has 0 spiro atoms. The van der Waals surface area contributed by atoms with E-state index >= 15 is 0 Å². The number of carbonyl (C=O) groups is 1. The van der Waals surface area contributed by atoms with Crippen LogP contribution in [-0.2, 0) is 0 Å². The Kier molecular flexibility index (Phi) is 4.12. The van der Waals surface area contributed by atoms with Crippen LogP contribution in [0, 0.1) is 0 Å². The molecule has 8 nitrogen and oxygen atoms in total. The number of likely N-dealkylation sites (tertiary alicyclic amines) is 1. The molecular formula is C21H21N5O3. The third-order valence-corrected chi connectivity index (χ3v) is 5.55. The van der Waals surface area contributed by atoms with E-state index in [2.05, 4.69) is 19.5 Å². The molecule has 4 aromatic rings. The molecule has 5 rings (SSSR count). The number of aromatic nitrogens is 4. The lowest BCUT2D eigenvalue weighted by molar-refractivity contribution is 0.0783. The summed E-state index contributed by atoms with van der Waals surface area (Å²) in [6.45, 7) is 1.31. The van der Waals surface area contributed by atoms with Crippen LogP contribution < -0.4 is 9.47 Å². The SMILES string of the molecule is COc1ccc2[nH]c(C(=O)N3CC[C@H](n4cnc5cccnc54)C3)cc2c1OC. The van der Waals surface area contributed by atoms with Gasteiger partial charge in [0.2, 0.25) is 0 Å². The van der Waals surface area contributed by atoms with Crippen molar-refractivity contribution in [2.24, 2.45) is 0 Å². The van der Waals surface area contributed by atoms with Crippen molar-refractivity contribution in [3.8, 4) is 11.5 Å². The van der Waals surface area contributed by atoms with Gasteiger partial charge >= 0.3 is 0 Å². The van der Waals surface area contributed by atoms with Crippen molar-refractivity contribution in [3.05, 3.63) is 48.5 Å². The maximum Gasteiger partial charge on any atom is 0.270 e. The average Bonchev–Trinajstić information content (AvgIpc) is 3.49. The normalized spacial score (nSPS) is 16.6. The van der Waals surface area contributed by atoms with E-state index in [1.165, 1.54) is 0 Å². The number of nitrogens with one attached hydrogen (secondary N) is 1. The number of rotatable bonds is 4. The predicted molar refractivity (Wildman–Crippen MR) is 108 cm³/mol. The number of benzene rings is 1. The fourth-order valence-corrected chi connectivity index (χ4v) is 4.10. The van der Waals surface area contributed by atoms with Crippen molar-refractivity contribution < 1.29 is 14.3 Å². The molecule has 0 radical (unpaired) electrons. The number of nitrogens with zero attached hydrogens (tertiary/aromatic N) is 4. The number of hydrogen-bond acceptors (Lipinski definition) is 5. The molecule has 0 bridgehead atoms. The summed E-state index contributed by atoms with van der Waals surface area (Å²) >= 11 is 0. The summed E-state index contributed by atoms with van der Waals surface area (Å²) in [4.78, 5) is 27.1. The zero-order chi connectivity index (χ0) is 20.0. The quantitative estimate of drug-likeness (QED) is 0.578. The molecule has 4 heterocycles. The third-order valence-electron chi connectivity index (χ3n) is 5.55. The molecule has 1 amide bonds. The van der Waals surface area contributed by atoms with E-state index in [-0.39, 0.29) is 11.9 Å². The molecule has 1 fully saturated rings. The van der Waals surface area contributed by atoms with E-state index in [0.29, 0.717) is 30.3 Å². The Morgan fingerprint density at radius 3 is 2.93 bits per heavy atom. The molecule has 8 heteroatoms. The number of H-pyrrole nitrogens is 1. The molecule has 0 saturated carbocycles. The first-order valence-electron chi connectivity index (χ1n) is 9.50. The standard InChI is InChI=1S/C21H21N5O3/c1-28-18-6-5-15-14(19(18)29-2)10-17(24-15)21(27)25-9-7-13(11-25)26-12-23-16-4-3-8-22-20(16)26/h3-6,8,10,12-13,24H,7,9,11H2,1-2H3/t13-/m0/s1. The number of pyridine rings is 1. The first-order valence-corrected chi connectivity index (χ1v) is 9.50. The van der Waals surface area contributed by atoms with Crippen LogP contribution in [0.15, 0.2) is 42.9 Å². The lowest BCUT2D eigenvalue weighted by Gasteiger charge is -2.16. The Labute approximate surface area is 167 Å². The van der Waals surface area contributed by atoms with Crippen molar-refractivity contribution in [3.63, 3.8) is 0 Å². The van der Waals surface area contributed by atoms with Crippen LogP contribution in [-0.4, -0.2) is 57.6 Å². The fraction of sp³-hybridized carbons (Fsp3) is 0.286. The van der Waals surface area contributed by atoms with E-state index in [1.807, 2.05) is 41.6 Å². The highest BCUT2D eigenvalue weighted by Gasteiger charge is 2.30. The highest BCUT2D eigenvalue weighted by Crippen LogP contribution is 2.36. The molecule has 29 heavy (non-hydrogen) atoms. The minimum Gasteiger partial charge on any atom is -0.493 e. The van der Waals surface area contributed by atoms with Gasteiger partial charge in [-0.05, 0) is 36.8 Å². The molecule has 1 atom stereocenters. The van der Waals surface area contributed by atoms with Gasteiger partial charge in [-0.1, -0.05) is 0 Å². The average molecular weight is 391 g/mol. The highest BCUT2D eigenvalue weighted by molar-refractivity contribution is 6.00. The predicted octanol–water partition coefficient (Wildman–Crippen LogP) is 3.02. The van der Waals surface area contributed by atoms with E-state index in [0.717, 1.165) is 28.5 Å². The van der Waals surface area contributed by atoms with Crippen molar-refractivity contribution in [1.82, 2.24) is 24.4 Å². The summed E-state index contributed by atoms with van der Waals surface area (Å²) < 4.78 is 12.9. The maximum absolute atomic E-state index is 13.1. The van der Waals surface area contributed by atoms with E-state index in [4.69, 9.17) is 9.47 Å². The Bertz CT molecular complexity index is 1210. The first-order chi connectivity index (χ1) is 14.2. The van der Waals surface area contributed by atoms with Crippen molar-refractivity contribution in [1.29, 1.82) is 0 Å². The van der Waals surface area contributed by atoms with E-state index in [1.54, 1.807) is 20.4 Å². The summed E-state index contributed by atoms with van der Waals surface area (Å²) in [5.74, 6) is 1.23. The van der Waals surface area contributed by atoms with Crippen molar-refractivity contribution in [2.45, 2.75) is 12.5 Å². The summed E-state index contributed by atoms with van der Waals surface area (Å²) in [7, 11) is 3.20. The molecule has 1 saturated heterocycles. The fourth-order valence-electron chi connectivity index (χ4n) is 4.10. The minimum absolute atomic E-state index is 0.0258. The molecule has 3 aromatic heterocycles. The number of carbonyl (C=O) groups excluding carboxylic acids is 1. The minimum atomic E-state index is -0.0258. The number of hydrogen-bond donors (Lipinski definition) is 1. The monoisotopic (exact) mass is 391 g/mol. The van der Waals surface area contributed by atoms with Gasteiger partial charge in [0.1, 0.15) is 11.2 Å². The summed E-state index contributed by atoms with van der Waals surface area (Å²) in [5, 5.41) is 0.829. The molecule has 1 N–H and O–H groups in total. The molecule has 148 valence electrons. The van der Waals surface area contributed by atoms with Crippen LogP contribution in [0.5, 0.6) is 11.5 Å². The topological polar surface area (TPSA) is 85.3 Å². The van der Waals surface area contributed by atoms with Gasteiger partial charge in [-0.3, -0.25) is 4.79 Å². The van der Waals surface area contributed by atoms with Crippen LogP contribution in [0.25, 0.3) is 22.1 Å². The lowest BCUT2D eigenvalue weighted by atomic mass is 10.2. The van der Waals surface area contributed by atoms with Gasteiger partial charge in [0.15, 0.2) is 17.1 Å². The number of amides is 1. The van der Waals surface area contributed by atoms with E-state index in [9.17, 15) is 4.79 Å². The largest absolute Gasteiger partial charge is 0.493 e. The Hall–Kier alpha value is -3.55. The van der Waals surface area contributed by atoms with Gasteiger partial charge in [0, 0.05) is 24.7 Å². The number of methoxy groups -OCH3 is 2.